The third kappa shape index (κ3) is 4.11. The molecule has 0 aliphatic carbocycles. The first-order chi connectivity index (χ1) is 7.67. The van der Waals surface area contributed by atoms with Crippen LogP contribution in [-0.4, -0.2) is 24.8 Å². The van der Waals surface area contributed by atoms with Crippen LogP contribution in [0, 0.1) is 17.2 Å². The number of nitrogens with one attached hydrogen (secondary N) is 1. The molecule has 3 unspecified atom stereocenters. The standard InChI is InChI=1S/C13H24N2O/c1-4-11(5-7-14)15-12-6-8-16-13(9-12)10(2)3/h10-13,15H,4-6,8-9H2,1-3H3. The van der Waals surface area contributed by atoms with Crippen LogP contribution in [0.25, 0.3) is 0 Å². The lowest BCUT2D eigenvalue weighted by Gasteiger charge is -2.34. The molecule has 1 fully saturated rings. The van der Waals surface area contributed by atoms with E-state index in [9.17, 15) is 0 Å². The quantitative estimate of drug-likeness (QED) is 0.780. The highest BCUT2D eigenvalue weighted by molar-refractivity contribution is 4.85. The Morgan fingerprint density at radius 3 is 2.81 bits per heavy atom. The number of nitrogens with zero attached hydrogens (tertiary/aromatic N) is 1. The van der Waals surface area contributed by atoms with Crippen molar-refractivity contribution in [2.24, 2.45) is 5.92 Å². The van der Waals surface area contributed by atoms with E-state index >= 15 is 0 Å². The summed E-state index contributed by atoms with van der Waals surface area (Å²) in [5, 5.41) is 12.3. The zero-order chi connectivity index (χ0) is 12.0. The number of hydrogen-bond donors (Lipinski definition) is 1. The van der Waals surface area contributed by atoms with E-state index in [2.05, 4.69) is 32.2 Å². The molecule has 1 rings (SSSR count). The summed E-state index contributed by atoms with van der Waals surface area (Å²) < 4.78 is 5.74. The lowest BCUT2D eigenvalue weighted by Crippen LogP contribution is -2.45. The first kappa shape index (κ1) is 13.5. The van der Waals surface area contributed by atoms with Crippen molar-refractivity contribution < 1.29 is 4.74 Å². The van der Waals surface area contributed by atoms with Crippen molar-refractivity contribution in [3.8, 4) is 6.07 Å². The van der Waals surface area contributed by atoms with Crippen molar-refractivity contribution in [2.45, 2.75) is 64.6 Å². The number of hydrogen-bond acceptors (Lipinski definition) is 3. The second-order valence-electron chi connectivity index (χ2n) is 5.01. The number of ether oxygens (including phenoxy) is 1. The maximum atomic E-state index is 8.72. The average Bonchev–Trinajstić information content (AvgIpc) is 2.29. The Hall–Kier alpha value is -0.590. The first-order valence-corrected chi connectivity index (χ1v) is 6.42. The van der Waals surface area contributed by atoms with E-state index in [-0.39, 0.29) is 0 Å². The van der Waals surface area contributed by atoms with Gasteiger partial charge in [0.1, 0.15) is 0 Å². The van der Waals surface area contributed by atoms with Crippen molar-refractivity contribution in [2.75, 3.05) is 6.61 Å². The molecule has 0 radical (unpaired) electrons. The molecule has 0 aromatic rings. The van der Waals surface area contributed by atoms with Gasteiger partial charge in [0.05, 0.1) is 18.6 Å². The predicted molar refractivity (Wildman–Crippen MR) is 65.0 cm³/mol. The van der Waals surface area contributed by atoms with E-state index in [4.69, 9.17) is 10.00 Å². The molecule has 0 spiro atoms. The van der Waals surface area contributed by atoms with Crippen molar-refractivity contribution in [1.82, 2.24) is 5.32 Å². The van der Waals surface area contributed by atoms with E-state index in [1.807, 2.05) is 0 Å². The van der Waals surface area contributed by atoms with Crippen LogP contribution in [0.3, 0.4) is 0 Å². The van der Waals surface area contributed by atoms with Gasteiger partial charge in [-0.05, 0) is 25.2 Å². The summed E-state index contributed by atoms with van der Waals surface area (Å²) in [5.74, 6) is 0.584. The molecule has 92 valence electrons. The zero-order valence-corrected chi connectivity index (χ0v) is 10.7. The van der Waals surface area contributed by atoms with Crippen molar-refractivity contribution in [3.05, 3.63) is 0 Å². The molecule has 1 saturated heterocycles. The van der Waals surface area contributed by atoms with Gasteiger partial charge in [0.25, 0.3) is 0 Å². The topological polar surface area (TPSA) is 45.0 Å². The predicted octanol–water partition coefficient (Wildman–Crippen LogP) is 2.47. The maximum Gasteiger partial charge on any atom is 0.0638 e. The summed E-state index contributed by atoms with van der Waals surface area (Å²) in [6, 6.07) is 3.12. The van der Waals surface area contributed by atoms with Crippen LogP contribution in [0.1, 0.15) is 46.5 Å². The van der Waals surface area contributed by atoms with Crippen molar-refractivity contribution in [3.63, 3.8) is 0 Å². The lowest BCUT2D eigenvalue weighted by molar-refractivity contribution is -0.0259. The summed E-state index contributed by atoms with van der Waals surface area (Å²) in [6.45, 7) is 7.40. The zero-order valence-electron chi connectivity index (χ0n) is 10.7. The highest BCUT2D eigenvalue weighted by atomic mass is 16.5. The molecule has 0 amide bonds. The van der Waals surface area contributed by atoms with Crippen LogP contribution in [0.2, 0.25) is 0 Å². The van der Waals surface area contributed by atoms with Crippen molar-refractivity contribution in [1.29, 1.82) is 5.26 Å². The fourth-order valence-electron chi connectivity index (χ4n) is 2.21. The van der Waals surface area contributed by atoms with Crippen LogP contribution in [0.15, 0.2) is 0 Å². The molecule has 0 aromatic heterocycles. The third-order valence-corrected chi connectivity index (χ3v) is 3.36. The lowest BCUT2D eigenvalue weighted by atomic mass is 9.94. The molecular formula is C13H24N2O. The van der Waals surface area contributed by atoms with Crippen LogP contribution in [0.4, 0.5) is 0 Å². The normalized spacial score (nSPS) is 27.7. The van der Waals surface area contributed by atoms with Gasteiger partial charge >= 0.3 is 0 Å². The molecule has 3 atom stereocenters. The molecule has 16 heavy (non-hydrogen) atoms. The Kier molecular flexibility index (Phi) is 5.79. The molecular weight excluding hydrogens is 200 g/mol. The van der Waals surface area contributed by atoms with Crippen LogP contribution in [-0.2, 0) is 4.74 Å². The molecule has 3 heteroatoms. The van der Waals surface area contributed by atoms with Gasteiger partial charge in [0, 0.05) is 18.7 Å². The fraction of sp³-hybridized carbons (Fsp3) is 0.923. The molecule has 1 aliphatic rings. The third-order valence-electron chi connectivity index (χ3n) is 3.36. The SMILES string of the molecule is CCC(CC#N)NC1CCOC(C(C)C)C1. The Labute approximate surface area is 99.2 Å². The summed E-state index contributed by atoms with van der Waals surface area (Å²) in [6.07, 6.45) is 4.17. The van der Waals surface area contributed by atoms with Crippen LogP contribution >= 0.6 is 0 Å². The molecule has 0 bridgehead atoms. The van der Waals surface area contributed by atoms with E-state index in [0.29, 0.717) is 30.5 Å². The van der Waals surface area contributed by atoms with Gasteiger partial charge in [-0.1, -0.05) is 20.8 Å². The number of rotatable bonds is 5. The van der Waals surface area contributed by atoms with Crippen LogP contribution < -0.4 is 5.32 Å². The minimum absolute atomic E-state index is 0.348. The minimum Gasteiger partial charge on any atom is -0.378 e. The monoisotopic (exact) mass is 224 g/mol. The van der Waals surface area contributed by atoms with Crippen LogP contribution in [0.5, 0.6) is 0 Å². The van der Waals surface area contributed by atoms with Gasteiger partial charge < -0.3 is 10.1 Å². The van der Waals surface area contributed by atoms with Gasteiger partial charge in [0.2, 0.25) is 0 Å². The highest BCUT2D eigenvalue weighted by Crippen LogP contribution is 2.20. The van der Waals surface area contributed by atoms with Crippen molar-refractivity contribution >= 4 is 0 Å². The van der Waals surface area contributed by atoms with E-state index in [0.717, 1.165) is 25.9 Å². The fourth-order valence-corrected chi connectivity index (χ4v) is 2.21. The van der Waals surface area contributed by atoms with Gasteiger partial charge in [-0.15, -0.1) is 0 Å². The smallest absolute Gasteiger partial charge is 0.0638 e. The average molecular weight is 224 g/mol. The Balaban J connectivity index is 2.39. The highest BCUT2D eigenvalue weighted by Gasteiger charge is 2.25. The summed E-state index contributed by atoms with van der Waals surface area (Å²) >= 11 is 0. The second kappa shape index (κ2) is 6.88. The Morgan fingerprint density at radius 1 is 1.50 bits per heavy atom. The minimum atomic E-state index is 0.348. The molecule has 0 aromatic carbocycles. The second-order valence-corrected chi connectivity index (χ2v) is 5.01. The van der Waals surface area contributed by atoms with Gasteiger partial charge in [-0.25, -0.2) is 0 Å². The molecule has 1 aliphatic heterocycles. The Morgan fingerprint density at radius 2 is 2.25 bits per heavy atom. The summed E-state index contributed by atoms with van der Waals surface area (Å²) in [5.41, 5.74) is 0. The van der Waals surface area contributed by atoms with E-state index in [1.165, 1.54) is 0 Å². The Bertz CT molecular complexity index is 235. The molecule has 0 saturated carbocycles. The summed E-state index contributed by atoms with van der Waals surface area (Å²) in [4.78, 5) is 0. The van der Waals surface area contributed by atoms with Gasteiger partial charge in [0.15, 0.2) is 0 Å². The van der Waals surface area contributed by atoms with E-state index in [1.54, 1.807) is 0 Å². The molecule has 3 nitrogen and oxygen atoms in total. The molecule has 1 heterocycles. The van der Waals surface area contributed by atoms with Gasteiger partial charge in [-0.3, -0.25) is 0 Å². The summed E-state index contributed by atoms with van der Waals surface area (Å²) in [7, 11) is 0. The maximum absolute atomic E-state index is 8.72. The number of nitriles is 1. The van der Waals surface area contributed by atoms with Gasteiger partial charge in [-0.2, -0.15) is 5.26 Å². The van der Waals surface area contributed by atoms with E-state index < -0.39 is 0 Å². The largest absolute Gasteiger partial charge is 0.378 e. The molecule has 1 N–H and O–H groups in total. The first-order valence-electron chi connectivity index (χ1n) is 6.42.